The molecule has 1 rings (SSSR count). The Balaban J connectivity index is 3.12. The zero-order chi connectivity index (χ0) is 10.6. The van der Waals surface area contributed by atoms with E-state index in [1.165, 1.54) is 0 Å². The number of ether oxygens (including phenoxy) is 2. The molecule has 1 aromatic rings. The molecule has 0 aromatic heterocycles. The van der Waals surface area contributed by atoms with Gasteiger partial charge in [-0.1, -0.05) is 0 Å². The van der Waals surface area contributed by atoms with E-state index in [1.54, 1.807) is 14.2 Å². The van der Waals surface area contributed by atoms with Crippen LogP contribution in [0.3, 0.4) is 0 Å². The first-order chi connectivity index (χ1) is 6.72. The van der Waals surface area contributed by atoms with Crippen LogP contribution in [0.2, 0.25) is 0 Å². The maximum absolute atomic E-state index is 5.51. The predicted octanol–water partition coefficient (Wildman–Crippen LogP) is 1.97. The van der Waals surface area contributed by atoms with Crippen LogP contribution in [-0.4, -0.2) is 20.8 Å². The summed E-state index contributed by atoms with van der Waals surface area (Å²) in [4.78, 5) is 0. The van der Waals surface area contributed by atoms with Crippen molar-refractivity contribution in [3.63, 3.8) is 0 Å². The van der Waals surface area contributed by atoms with Gasteiger partial charge in [0.25, 0.3) is 0 Å². The minimum Gasteiger partial charge on any atom is -0.497 e. The van der Waals surface area contributed by atoms with Crippen molar-refractivity contribution in [2.24, 2.45) is 5.73 Å². The van der Waals surface area contributed by atoms with E-state index >= 15 is 0 Å². The van der Waals surface area contributed by atoms with Gasteiger partial charge in [0, 0.05) is 6.07 Å². The highest BCUT2D eigenvalue weighted by molar-refractivity contribution is 9.10. The second-order valence-electron chi connectivity index (χ2n) is 2.84. The second kappa shape index (κ2) is 5.22. The number of nitrogens with two attached hydrogens (primary N) is 1. The predicted molar refractivity (Wildman–Crippen MR) is 60.0 cm³/mol. The summed E-state index contributed by atoms with van der Waals surface area (Å²) in [6, 6.07) is 3.80. The van der Waals surface area contributed by atoms with Crippen molar-refractivity contribution >= 4 is 15.9 Å². The van der Waals surface area contributed by atoms with Gasteiger partial charge in [-0.2, -0.15) is 0 Å². The lowest BCUT2D eigenvalue weighted by Gasteiger charge is -2.10. The monoisotopic (exact) mass is 259 g/mol. The molecule has 0 aliphatic carbocycles. The molecular formula is C10H14BrNO2. The summed E-state index contributed by atoms with van der Waals surface area (Å²) < 4.78 is 11.3. The number of hydrogen-bond donors (Lipinski definition) is 1. The Hall–Kier alpha value is -0.740. The van der Waals surface area contributed by atoms with Crippen molar-refractivity contribution in [3.05, 3.63) is 22.2 Å². The van der Waals surface area contributed by atoms with Crippen LogP contribution in [0, 0.1) is 0 Å². The quantitative estimate of drug-likeness (QED) is 0.900. The summed E-state index contributed by atoms with van der Waals surface area (Å²) in [7, 11) is 3.26. The number of hydrogen-bond acceptors (Lipinski definition) is 3. The number of halogens is 1. The lowest BCUT2D eigenvalue weighted by Crippen LogP contribution is -2.04. The summed E-state index contributed by atoms with van der Waals surface area (Å²) >= 11 is 3.47. The van der Waals surface area contributed by atoms with Gasteiger partial charge in [0.05, 0.1) is 18.7 Å². The van der Waals surface area contributed by atoms with Crippen molar-refractivity contribution in [2.45, 2.75) is 6.42 Å². The van der Waals surface area contributed by atoms with Gasteiger partial charge in [-0.25, -0.2) is 0 Å². The SMILES string of the molecule is COc1cc(CCN)c(Br)c(OC)c1. The Morgan fingerprint density at radius 1 is 1.29 bits per heavy atom. The highest BCUT2D eigenvalue weighted by atomic mass is 79.9. The fraction of sp³-hybridized carbons (Fsp3) is 0.400. The Kier molecular flexibility index (Phi) is 4.22. The minimum atomic E-state index is 0.606. The molecule has 0 amide bonds. The molecular weight excluding hydrogens is 246 g/mol. The van der Waals surface area contributed by atoms with Crippen LogP contribution < -0.4 is 15.2 Å². The van der Waals surface area contributed by atoms with Gasteiger partial charge in [-0.05, 0) is 40.5 Å². The Morgan fingerprint density at radius 3 is 2.50 bits per heavy atom. The molecule has 1 aromatic carbocycles. The van der Waals surface area contributed by atoms with Crippen LogP contribution in [0.1, 0.15) is 5.56 Å². The van der Waals surface area contributed by atoms with E-state index in [2.05, 4.69) is 15.9 Å². The zero-order valence-electron chi connectivity index (χ0n) is 8.34. The van der Waals surface area contributed by atoms with E-state index < -0.39 is 0 Å². The maximum Gasteiger partial charge on any atom is 0.137 e. The third kappa shape index (κ3) is 2.39. The highest BCUT2D eigenvalue weighted by Crippen LogP contribution is 2.33. The molecule has 0 saturated carbocycles. The molecule has 0 aliphatic heterocycles. The number of rotatable bonds is 4. The van der Waals surface area contributed by atoms with Crippen LogP contribution in [0.5, 0.6) is 11.5 Å². The van der Waals surface area contributed by atoms with Gasteiger partial charge in [0.2, 0.25) is 0 Å². The van der Waals surface area contributed by atoms with Crippen LogP contribution in [0.15, 0.2) is 16.6 Å². The molecule has 0 fully saturated rings. The largest absolute Gasteiger partial charge is 0.497 e. The number of methoxy groups -OCH3 is 2. The summed E-state index contributed by atoms with van der Waals surface area (Å²) in [5.41, 5.74) is 6.61. The molecule has 78 valence electrons. The lowest BCUT2D eigenvalue weighted by atomic mass is 10.1. The lowest BCUT2D eigenvalue weighted by molar-refractivity contribution is 0.391. The molecule has 0 radical (unpaired) electrons. The number of benzene rings is 1. The molecule has 14 heavy (non-hydrogen) atoms. The Labute approximate surface area is 92.3 Å². The van der Waals surface area contributed by atoms with Crippen molar-refractivity contribution in [2.75, 3.05) is 20.8 Å². The van der Waals surface area contributed by atoms with Crippen LogP contribution in [0.25, 0.3) is 0 Å². The summed E-state index contributed by atoms with van der Waals surface area (Å²) in [6.45, 7) is 0.606. The van der Waals surface area contributed by atoms with E-state index in [0.717, 1.165) is 28.0 Å². The van der Waals surface area contributed by atoms with Crippen LogP contribution in [0.4, 0.5) is 0 Å². The van der Waals surface area contributed by atoms with Crippen molar-refractivity contribution < 1.29 is 9.47 Å². The van der Waals surface area contributed by atoms with Crippen molar-refractivity contribution in [3.8, 4) is 11.5 Å². The van der Waals surface area contributed by atoms with E-state index in [4.69, 9.17) is 15.2 Å². The second-order valence-corrected chi connectivity index (χ2v) is 3.63. The van der Waals surface area contributed by atoms with E-state index in [1.807, 2.05) is 12.1 Å². The molecule has 0 aliphatic rings. The molecule has 4 heteroatoms. The van der Waals surface area contributed by atoms with Gasteiger partial charge in [-0.15, -0.1) is 0 Å². The fourth-order valence-electron chi connectivity index (χ4n) is 1.23. The molecule has 0 atom stereocenters. The smallest absolute Gasteiger partial charge is 0.137 e. The van der Waals surface area contributed by atoms with Crippen LogP contribution >= 0.6 is 15.9 Å². The third-order valence-corrected chi connectivity index (χ3v) is 2.86. The van der Waals surface area contributed by atoms with E-state index in [9.17, 15) is 0 Å². The topological polar surface area (TPSA) is 44.5 Å². The minimum absolute atomic E-state index is 0.606. The van der Waals surface area contributed by atoms with Crippen LogP contribution in [-0.2, 0) is 6.42 Å². The molecule has 0 unspecified atom stereocenters. The average molecular weight is 260 g/mol. The standard InChI is InChI=1S/C10H14BrNO2/c1-13-8-5-7(3-4-12)10(11)9(6-8)14-2/h5-6H,3-4,12H2,1-2H3. The van der Waals surface area contributed by atoms with Gasteiger partial charge in [-0.3, -0.25) is 0 Å². The third-order valence-electron chi connectivity index (χ3n) is 1.96. The molecule has 0 saturated heterocycles. The first kappa shape index (κ1) is 11.3. The molecule has 0 heterocycles. The highest BCUT2D eigenvalue weighted by Gasteiger charge is 2.08. The zero-order valence-corrected chi connectivity index (χ0v) is 9.93. The summed E-state index contributed by atoms with van der Waals surface area (Å²) in [5, 5.41) is 0. The average Bonchev–Trinajstić information content (AvgIpc) is 2.21. The molecule has 2 N–H and O–H groups in total. The van der Waals surface area contributed by atoms with Gasteiger partial charge >= 0.3 is 0 Å². The van der Waals surface area contributed by atoms with Gasteiger partial charge in [0.1, 0.15) is 11.5 Å². The maximum atomic E-state index is 5.51. The summed E-state index contributed by atoms with van der Waals surface area (Å²) in [5.74, 6) is 1.56. The first-order valence-corrected chi connectivity index (χ1v) is 5.12. The van der Waals surface area contributed by atoms with E-state index in [0.29, 0.717) is 6.54 Å². The molecule has 0 spiro atoms. The summed E-state index contributed by atoms with van der Waals surface area (Å²) in [6.07, 6.45) is 0.800. The first-order valence-electron chi connectivity index (χ1n) is 4.33. The Bertz CT molecular complexity index is 315. The van der Waals surface area contributed by atoms with Gasteiger partial charge < -0.3 is 15.2 Å². The fourth-order valence-corrected chi connectivity index (χ4v) is 1.82. The normalized spacial score (nSPS) is 10.0. The van der Waals surface area contributed by atoms with Gasteiger partial charge in [0.15, 0.2) is 0 Å². The van der Waals surface area contributed by atoms with Crippen molar-refractivity contribution in [1.82, 2.24) is 0 Å². The van der Waals surface area contributed by atoms with E-state index in [-0.39, 0.29) is 0 Å². The molecule has 0 bridgehead atoms. The Morgan fingerprint density at radius 2 is 2.00 bits per heavy atom. The molecule has 3 nitrogen and oxygen atoms in total. The van der Waals surface area contributed by atoms with Crippen molar-refractivity contribution in [1.29, 1.82) is 0 Å².